The number of rotatable bonds is 0. The zero-order valence-electron chi connectivity index (χ0n) is 0.802. The van der Waals surface area contributed by atoms with E-state index in [1.807, 2.05) is 0 Å². The minimum absolute atomic E-state index is 0. The summed E-state index contributed by atoms with van der Waals surface area (Å²) >= 11 is 0. The van der Waals surface area contributed by atoms with Crippen molar-refractivity contribution in [3.63, 3.8) is 0 Å². The van der Waals surface area contributed by atoms with Crippen LogP contribution in [0.5, 0.6) is 0 Å². The zero-order chi connectivity index (χ0) is 0. The third-order valence-corrected chi connectivity index (χ3v) is 0. The van der Waals surface area contributed by atoms with Gasteiger partial charge in [-0.25, -0.2) is 0 Å². The van der Waals surface area contributed by atoms with Crippen LogP contribution in [0.1, 0.15) is 0 Å². The van der Waals surface area contributed by atoms with Gasteiger partial charge in [0.05, 0.1) is 0 Å². The van der Waals surface area contributed by atoms with Crippen LogP contribution < -0.4 is 0 Å². The minimum atomic E-state index is 0. The van der Waals surface area contributed by atoms with Crippen LogP contribution in [-0.2, 0) is 48.6 Å². The summed E-state index contributed by atoms with van der Waals surface area (Å²) < 4.78 is 0. The Kier molecular flexibility index (Phi) is 92.6. The van der Waals surface area contributed by atoms with E-state index in [4.69, 9.17) is 0 Å². The average Bonchev–Trinajstić information content (AvgIpc) is 0. The Hall–Kier alpha value is 4.45. The molecule has 0 saturated heterocycles. The molecule has 0 saturated carbocycles. The van der Waals surface area contributed by atoms with Crippen molar-refractivity contribution in [2.24, 2.45) is 0 Å². The Morgan fingerprint density at radius 3 is 1.00 bits per heavy atom. The third kappa shape index (κ3) is 9.68. The Morgan fingerprint density at radius 1 is 1.00 bits per heavy atom. The van der Waals surface area contributed by atoms with E-state index >= 15 is 0 Å². The van der Waals surface area contributed by atoms with Crippen LogP contribution >= 0.6 is 0 Å². The second-order valence-corrected chi connectivity index (χ2v) is 0. The van der Waals surface area contributed by atoms with Crippen LogP contribution in [0.3, 0.4) is 0 Å². The van der Waals surface area contributed by atoms with Crippen LogP contribution in [0.4, 0.5) is 0 Å². The molecule has 1 radical (unpaired) electrons. The maximum atomic E-state index is 0. The van der Waals surface area contributed by atoms with Gasteiger partial charge in [-0.1, -0.05) is 0 Å². The van der Waals surface area contributed by atoms with E-state index in [0.29, 0.717) is 0 Å². The van der Waals surface area contributed by atoms with Gasteiger partial charge in [0.15, 0.2) is 0 Å². The van der Waals surface area contributed by atoms with Gasteiger partial charge in [0, 0.05) is 48.6 Å². The topological polar surface area (TPSA) is 0 Å². The molecule has 0 fully saturated rings. The van der Waals surface area contributed by atoms with E-state index < -0.39 is 0 Å². The fourth-order valence-corrected chi connectivity index (χ4v) is 0. The fourth-order valence-electron chi connectivity index (χ4n) is 0. The van der Waals surface area contributed by atoms with Crippen LogP contribution in [0.25, 0.3) is 0 Å². The molecule has 0 unspecified atom stereocenters. The molecule has 0 aliphatic rings. The van der Waals surface area contributed by atoms with E-state index in [1.54, 1.807) is 0 Å². The van der Waals surface area contributed by atoms with Crippen molar-refractivity contribution in [1.82, 2.24) is 0 Å². The van der Waals surface area contributed by atoms with E-state index in [9.17, 15) is 0 Å². The summed E-state index contributed by atoms with van der Waals surface area (Å²) in [6, 6.07) is 0. The molecule has 4 heavy (non-hydrogen) atoms. The van der Waals surface area contributed by atoms with Gasteiger partial charge in [-0.3, -0.25) is 0 Å². The molecule has 0 aliphatic heterocycles. The van der Waals surface area contributed by atoms with Gasteiger partial charge >= 0.3 is 86.6 Å². The summed E-state index contributed by atoms with van der Waals surface area (Å²) in [5.74, 6) is 0. The van der Waals surface area contributed by atoms with Crippen molar-refractivity contribution in [3.8, 4) is 0 Å². The molecular weight excluding hydrogens is 376 g/mol. The smallest absolute Gasteiger partial charge is 0 e. The summed E-state index contributed by atoms with van der Waals surface area (Å²) in [6.45, 7) is 0. The normalized spacial score (nSPS) is 0. The molecule has 0 aromatic rings. The summed E-state index contributed by atoms with van der Waals surface area (Å²) in [4.78, 5) is 0. The Balaban J connectivity index is 0. The molecule has 4 heteroatoms. The summed E-state index contributed by atoms with van der Waals surface area (Å²) in [5, 5.41) is 0. The largest absolute Gasteiger partial charge is 0 e. The molecular formula is H4AgBaCaZr. The van der Waals surface area contributed by atoms with Crippen molar-refractivity contribution in [2.45, 2.75) is 0 Å². The molecule has 0 atom stereocenters. The fraction of sp³-hybridized carbons (Fsp3) is 0. The molecule has 0 N–H and O–H groups in total. The molecule has 0 spiro atoms. The van der Waals surface area contributed by atoms with Crippen molar-refractivity contribution < 1.29 is 48.6 Å². The average molecular weight is 381 g/mol. The molecule has 0 rings (SSSR count). The van der Waals surface area contributed by atoms with Crippen LogP contribution in [0.2, 0.25) is 0 Å². The van der Waals surface area contributed by atoms with E-state index in [2.05, 4.69) is 0 Å². The third-order valence-electron chi connectivity index (χ3n) is 0. The number of hydrogen-bond donors (Lipinski definition) is 0. The van der Waals surface area contributed by atoms with Gasteiger partial charge in [0.2, 0.25) is 0 Å². The molecule has 0 aromatic carbocycles. The first kappa shape index (κ1) is 23.7. The Bertz CT molecular complexity index is 8.00. The van der Waals surface area contributed by atoms with Gasteiger partial charge in [-0.15, -0.1) is 0 Å². The second kappa shape index (κ2) is 15.7. The van der Waals surface area contributed by atoms with E-state index in [0.717, 1.165) is 0 Å². The maximum Gasteiger partial charge on any atom is 0 e. The van der Waals surface area contributed by atoms with Gasteiger partial charge in [-0.2, -0.15) is 0 Å². The molecule has 0 aromatic heterocycles. The van der Waals surface area contributed by atoms with Crippen LogP contribution in [0.15, 0.2) is 0 Å². The van der Waals surface area contributed by atoms with Gasteiger partial charge < -0.3 is 0 Å². The predicted molar refractivity (Wildman–Crippen MR) is 17.1 cm³/mol. The van der Waals surface area contributed by atoms with Gasteiger partial charge in [0.1, 0.15) is 0 Å². The van der Waals surface area contributed by atoms with Crippen LogP contribution in [-0.4, -0.2) is 86.6 Å². The molecule has 0 nitrogen and oxygen atoms in total. The van der Waals surface area contributed by atoms with Crippen molar-refractivity contribution in [3.05, 3.63) is 0 Å². The van der Waals surface area contributed by atoms with Crippen molar-refractivity contribution in [2.75, 3.05) is 0 Å². The summed E-state index contributed by atoms with van der Waals surface area (Å²) in [7, 11) is 0. The monoisotopic (exact) mass is 379 g/mol. The van der Waals surface area contributed by atoms with Crippen molar-refractivity contribution in [1.29, 1.82) is 0 Å². The molecule has 0 bridgehead atoms. The Morgan fingerprint density at radius 2 is 1.00 bits per heavy atom. The predicted octanol–water partition coefficient (Wildman–Crippen LogP) is -1.84. The van der Waals surface area contributed by atoms with Crippen LogP contribution in [0, 0.1) is 0 Å². The molecule has 23 valence electrons. The first-order chi connectivity index (χ1) is 0. The number of hydrogen-bond acceptors (Lipinski definition) is 0. The zero-order valence-corrected chi connectivity index (χ0v) is 4.74. The first-order valence-electron chi connectivity index (χ1n) is 0. The molecule has 0 aliphatic carbocycles. The maximum absolute atomic E-state index is 0. The Labute approximate surface area is 131 Å². The summed E-state index contributed by atoms with van der Waals surface area (Å²) in [6.07, 6.45) is 0. The standard InChI is InChI=1S/Ag.Ba.Ca.Zr.4H. The van der Waals surface area contributed by atoms with E-state index in [-0.39, 0.29) is 135 Å². The first-order valence-corrected chi connectivity index (χ1v) is 0. The molecule has 0 amide bonds. The van der Waals surface area contributed by atoms with Crippen molar-refractivity contribution >= 4 is 86.6 Å². The van der Waals surface area contributed by atoms with Gasteiger partial charge in [-0.05, 0) is 0 Å². The second-order valence-electron chi connectivity index (χ2n) is 0. The van der Waals surface area contributed by atoms with E-state index in [1.165, 1.54) is 0 Å². The molecule has 0 heterocycles. The quantitative estimate of drug-likeness (QED) is 0.434. The minimum Gasteiger partial charge on any atom is 0 e. The summed E-state index contributed by atoms with van der Waals surface area (Å²) in [5.41, 5.74) is 0. The van der Waals surface area contributed by atoms with Gasteiger partial charge in [0.25, 0.3) is 0 Å². The SMILES string of the molecule is [Ag].[BaH2].[CaH2].[Zr].